The lowest BCUT2D eigenvalue weighted by Gasteiger charge is -2.27. The molecule has 0 radical (unpaired) electrons. The Morgan fingerprint density at radius 2 is 0.481 bits per heavy atom. The van der Waals surface area contributed by atoms with Gasteiger partial charge in [-0.3, -0.25) is 0 Å². The van der Waals surface area contributed by atoms with Gasteiger partial charge in [-0.1, -0.05) is 157 Å². The van der Waals surface area contributed by atoms with Gasteiger partial charge in [0, 0.05) is 0 Å². The van der Waals surface area contributed by atoms with E-state index in [1.54, 1.807) is 0 Å². The second-order valence-corrected chi connectivity index (χ2v) is 22.3. The first-order valence-electron chi connectivity index (χ1n) is 21.0. The molecule has 4 aliphatic rings. The Hall–Kier alpha value is -1.20. The quantitative estimate of drug-likeness (QED) is 0.187. The van der Waals surface area contributed by atoms with Crippen LogP contribution in [0.2, 0.25) is 0 Å². The topological polar surface area (TPSA) is 80.9 Å². The molecule has 0 aromatic rings. The van der Waals surface area contributed by atoms with E-state index in [4.69, 9.17) is 0 Å². The number of hydrogen-bond acceptors (Lipinski definition) is 4. The maximum atomic E-state index is 9.61. The molecule has 0 unspecified atom stereocenters. The molecule has 0 aliphatic heterocycles. The third-order valence-corrected chi connectivity index (χ3v) is 9.68. The summed E-state index contributed by atoms with van der Waals surface area (Å²) in [7, 11) is 0. The molecule has 52 heavy (non-hydrogen) atoms. The average molecular weight is 729 g/mol. The SMILES string of the molecule is C[C@@H]1C/C(=C\C(C)(C)C)C[C@@H](O)C1.C[C@@H]1C/C(=C\C(C)(C)C)C[C@H](O)C1.C[C@H]1C/C(=C\C(C)(C)C)C[C@@H](O)C1.C[C@H]1C/C(=C\C(C)(C)C)C[C@H](O)C1. The fourth-order valence-electron chi connectivity index (χ4n) is 8.78. The van der Waals surface area contributed by atoms with Gasteiger partial charge in [-0.25, -0.2) is 0 Å². The van der Waals surface area contributed by atoms with Crippen molar-refractivity contribution in [3.63, 3.8) is 0 Å². The molecule has 4 nitrogen and oxygen atoms in total. The van der Waals surface area contributed by atoms with Crippen molar-refractivity contribution in [2.45, 2.75) is 212 Å². The van der Waals surface area contributed by atoms with Gasteiger partial charge in [0.1, 0.15) is 0 Å². The molecule has 0 saturated heterocycles. The lowest BCUT2D eigenvalue weighted by Crippen LogP contribution is -2.20. The van der Waals surface area contributed by atoms with Gasteiger partial charge in [-0.05, 0) is 122 Å². The highest BCUT2D eigenvalue weighted by Gasteiger charge is 2.24. The summed E-state index contributed by atoms with van der Waals surface area (Å²) in [5, 5.41) is 38.4. The van der Waals surface area contributed by atoms with Crippen molar-refractivity contribution in [3.05, 3.63) is 46.6 Å². The second-order valence-electron chi connectivity index (χ2n) is 22.3. The van der Waals surface area contributed by atoms with Gasteiger partial charge in [0.25, 0.3) is 0 Å². The molecule has 4 rings (SSSR count). The Kier molecular flexibility index (Phi) is 19.9. The predicted molar refractivity (Wildman–Crippen MR) is 226 cm³/mol. The van der Waals surface area contributed by atoms with Crippen molar-refractivity contribution in [2.24, 2.45) is 45.3 Å². The second kappa shape index (κ2) is 21.2. The summed E-state index contributed by atoms with van der Waals surface area (Å²) in [6, 6.07) is 0. The zero-order valence-corrected chi connectivity index (χ0v) is 37.2. The van der Waals surface area contributed by atoms with Crippen LogP contribution in [0.5, 0.6) is 0 Å². The number of rotatable bonds is 0. The monoisotopic (exact) mass is 729 g/mol. The van der Waals surface area contributed by atoms with Crippen LogP contribution in [0, 0.1) is 45.3 Å². The average Bonchev–Trinajstić information content (AvgIpc) is 2.83. The maximum absolute atomic E-state index is 9.61. The van der Waals surface area contributed by atoms with Crippen molar-refractivity contribution < 1.29 is 20.4 Å². The third kappa shape index (κ3) is 25.0. The first-order valence-corrected chi connectivity index (χ1v) is 21.0. The highest BCUT2D eigenvalue weighted by Crippen LogP contribution is 2.34. The Labute approximate surface area is 323 Å². The minimum atomic E-state index is -0.0997. The van der Waals surface area contributed by atoms with Crippen LogP contribution in [0.3, 0.4) is 0 Å². The van der Waals surface area contributed by atoms with E-state index in [0.29, 0.717) is 23.7 Å². The molecule has 0 bridgehead atoms. The summed E-state index contributed by atoms with van der Waals surface area (Å²) in [5.41, 5.74) is 6.80. The van der Waals surface area contributed by atoms with Crippen LogP contribution in [0.15, 0.2) is 46.6 Å². The Bertz CT molecular complexity index is 927. The van der Waals surface area contributed by atoms with E-state index in [-0.39, 0.29) is 46.1 Å². The summed E-state index contributed by atoms with van der Waals surface area (Å²) >= 11 is 0. The molecule has 4 N–H and O–H groups in total. The van der Waals surface area contributed by atoms with E-state index < -0.39 is 0 Å². The zero-order valence-electron chi connectivity index (χ0n) is 37.2. The van der Waals surface area contributed by atoms with Gasteiger partial charge in [0.15, 0.2) is 0 Å². The molecule has 0 aromatic carbocycles. The lowest BCUT2D eigenvalue weighted by molar-refractivity contribution is 0.127. The van der Waals surface area contributed by atoms with Crippen LogP contribution in [-0.2, 0) is 0 Å². The number of aliphatic hydroxyl groups excluding tert-OH is 4. The molecular formula is C48H88O4. The summed E-state index contributed by atoms with van der Waals surface area (Å²) in [6.07, 6.45) is 21.1. The predicted octanol–water partition coefficient (Wildman–Crippen LogP) is 12.6. The van der Waals surface area contributed by atoms with Gasteiger partial charge in [-0.15, -0.1) is 0 Å². The Morgan fingerprint density at radius 3 is 0.596 bits per heavy atom. The molecular weight excluding hydrogens is 641 g/mol. The van der Waals surface area contributed by atoms with Gasteiger partial charge >= 0.3 is 0 Å². The van der Waals surface area contributed by atoms with Crippen LogP contribution >= 0.6 is 0 Å². The van der Waals surface area contributed by atoms with Crippen molar-refractivity contribution in [2.75, 3.05) is 0 Å². The summed E-state index contributed by atoms with van der Waals surface area (Å²) in [4.78, 5) is 0. The van der Waals surface area contributed by atoms with Crippen molar-refractivity contribution in [1.82, 2.24) is 0 Å². The van der Waals surface area contributed by atoms with Crippen molar-refractivity contribution >= 4 is 0 Å². The van der Waals surface area contributed by atoms with E-state index in [0.717, 1.165) is 51.4 Å². The molecule has 0 heterocycles. The number of aliphatic hydroxyl groups is 4. The maximum Gasteiger partial charge on any atom is 0.0580 e. The number of allylic oxidation sites excluding steroid dienone is 4. The van der Waals surface area contributed by atoms with Crippen LogP contribution in [0.1, 0.15) is 188 Å². The van der Waals surface area contributed by atoms with Crippen LogP contribution < -0.4 is 0 Å². The Balaban J connectivity index is 0.000000347. The van der Waals surface area contributed by atoms with E-state index >= 15 is 0 Å². The molecule has 0 amide bonds. The molecule has 8 atom stereocenters. The molecule has 4 heteroatoms. The van der Waals surface area contributed by atoms with Crippen LogP contribution in [0.4, 0.5) is 0 Å². The summed E-state index contributed by atoms with van der Waals surface area (Å²) in [6.45, 7) is 35.5. The molecule has 304 valence electrons. The van der Waals surface area contributed by atoms with E-state index in [9.17, 15) is 20.4 Å². The first-order chi connectivity index (χ1) is 23.5. The minimum absolute atomic E-state index is 0.0997. The largest absolute Gasteiger partial charge is 0.393 e. The summed E-state index contributed by atoms with van der Waals surface area (Å²) in [5.74, 6) is 2.60. The van der Waals surface area contributed by atoms with Crippen molar-refractivity contribution in [3.8, 4) is 0 Å². The number of hydrogen-bond donors (Lipinski definition) is 4. The molecule has 0 aromatic heterocycles. The molecule has 4 fully saturated rings. The fourth-order valence-corrected chi connectivity index (χ4v) is 8.78. The first kappa shape index (κ1) is 48.8. The minimum Gasteiger partial charge on any atom is -0.393 e. The van der Waals surface area contributed by atoms with Gasteiger partial charge < -0.3 is 20.4 Å². The Morgan fingerprint density at radius 1 is 0.327 bits per heavy atom. The summed E-state index contributed by atoms with van der Waals surface area (Å²) < 4.78 is 0. The van der Waals surface area contributed by atoms with Gasteiger partial charge in [0.05, 0.1) is 24.4 Å². The fraction of sp³-hybridized carbons (Fsp3) is 0.833. The van der Waals surface area contributed by atoms with E-state index in [1.807, 2.05) is 0 Å². The van der Waals surface area contributed by atoms with Gasteiger partial charge in [-0.2, -0.15) is 0 Å². The smallest absolute Gasteiger partial charge is 0.0580 e. The van der Waals surface area contributed by atoms with E-state index in [2.05, 4.69) is 135 Å². The zero-order chi connectivity index (χ0) is 40.2. The van der Waals surface area contributed by atoms with Crippen LogP contribution in [0.25, 0.3) is 0 Å². The van der Waals surface area contributed by atoms with Gasteiger partial charge in [0.2, 0.25) is 0 Å². The highest BCUT2D eigenvalue weighted by molar-refractivity contribution is 5.14. The standard InChI is InChI=1S/4C12H22O/c4*1-9-5-10(7-11(13)6-9)8-12(2,3)4/h4*8-9,11,13H,5-7H2,1-4H3/b4*10-8+/t2*9-,11+;2*9-,11-/m1010/s1. The molecule has 4 aliphatic carbocycles. The third-order valence-electron chi connectivity index (χ3n) is 9.68. The van der Waals surface area contributed by atoms with Crippen molar-refractivity contribution in [1.29, 1.82) is 0 Å². The van der Waals surface area contributed by atoms with Crippen LogP contribution in [-0.4, -0.2) is 44.8 Å². The lowest BCUT2D eigenvalue weighted by atomic mass is 9.81. The molecule has 4 saturated carbocycles. The highest BCUT2D eigenvalue weighted by atomic mass is 16.3. The normalized spacial score (nSPS) is 33.8. The molecule has 0 spiro atoms. The van der Waals surface area contributed by atoms with E-state index in [1.165, 1.54) is 48.0 Å².